The molecule has 0 saturated heterocycles. The highest BCUT2D eigenvalue weighted by atomic mass is 16.3. The van der Waals surface area contributed by atoms with Crippen LogP contribution in [0.15, 0.2) is 39.7 Å². The van der Waals surface area contributed by atoms with Gasteiger partial charge in [-0.2, -0.15) is 0 Å². The molecule has 0 amide bonds. The van der Waals surface area contributed by atoms with Crippen LogP contribution in [0.1, 0.15) is 24.2 Å². The SMILES string of the molecule is CC1=C(c2ncco2)N=C(N)CN1Cc1ccc(C)n1C. The highest BCUT2D eigenvalue weighted by Gasteiger charge is 2.22. The first-order valence-electron chi connectivity index (χ1n) is 6.86. The highest BCUT2D eigenvalue weighted by molar-refractivity contribution is 5.90. The normalized spacial score (nSPS) is 15.6. The van der Waals surface area contributed by atoms with E-state index in [-0.39, 0.29) is 0 Å². The lowest BCUT2D eigenvalue weighted by molar-refractivity contribution is 0.368. The maximum absolute atomic E-state index is 5.98. The average Bonchev–Trinajstić information content (AvgIpc) is 3.08. The number of hydrogen-bond donors (Lipinski definition) is 1. The molecule has 0 aliphatic carbocycles. The summed E-state index contributed by atoms with van der Waals surface area (Å²) >= 11 is 0. The fraction of sp³-hybridized carbons (Fsp3) is 0.333. The van der Waals surface area contributed by atoms with Gasteiger partial charge in [-0.3, -0.25) is 0 Å². The van der Waals surface area contributed by atoms with E-state index in [0.717, 1.165) is 12.2 Å². The van der Waals surface area contributed by atoms with Crippen LogP contribution in [-0.4, -0.2) is 26.8 Å². The van der Waals surface area contributed by atoms with Crippen molar-refractivity contribution in [1.82, 2.24) is 14.5 Å². The molecule has 0 spiro atoms. The summed E-state index contributed by atoms with van der Waals surface area (Å²) in [6.07, 6.45) is 3.15. The zero-order chi connectivity index (χ0) is 15.0. The lowest BCUT2D eigenvalue weighted by Crippen LogP contribution is -2.36. The molecule has 0 unspecified atom stereocenters. The molecule has 1 aliphatic heterocycles. The molecule has 0 aromatic carbocycles. The number of oxazole rings is 1. The fourth-order valence-electron chi connectivity index (χ4n) is 2.46. The van der Waals surface area contributed by atoms with Gasteiger partial charge in [0.2, 0.25) is 5.89 Å². The smallest absolute Gasteiger partial charge is 0.246 e. The Morgan fingerprint density at radius 1 is 1.33 bits per heavy atom. The average molecular weight is 285 g/mol. The van der Waals surface area contributed by atoms with Crippen molar-refractivity contribution in [3.8, 4) is 0 Å². The summed E-state index contributed by atoms with van der Waals surface area (Å²) in [5.74, 6) is 1.07. The zero-order valence-corrected chi connectivity index (χ0v) is 12.5. The Labute approximate surface area is 123 Å². The molecule has 0 atom stereocenters. The van der Waals surface area contributed by atoms with E-state index >= 15 is 0 Å². The first-order chi connectivity index (χ1) is 10.1. The number of nitrogens with two attached hydrogens (primary N) is 1. The predicted molar refractivity (Wildman–Crippen MR) is 81.3 cm³/mol. The van der Waals surface area contributed by atoms with Crippen LogP contribution in [0, 0.1) is 6.92 Å². The molecule has 0 saturated carbocycles. The second kappa shape index (κ2) is 5.12. The van der Waals surface area contributed by atoms with Crippen molar-refractivity contribution in [2.75, 3.05) is 6.54 Å². The third-order valence-corrected chi connectivity index (χ3v) is 3.89. The van der Waals surface area contributed by atoms with Gasteiger partial charge in [0.1, 0.15) is 17.8 Å². The first kappa shape index (κ1) is 13.5. The van der Waals surface area contributed by atoms with Gasteiger partial charge in [-0.1, -0.05) is 0 Å². The van der Waals surface area contributed by atoms with E-state index in [1.54, 1.807) is 12.5 Å². The lowest BCUT2D eigenvalue weighted by atomic mass is 10.2. The largest absolute Gasteiger partial charge is 0.443 e. The van der Waals surface area contributed by atoms with Gasteiger partial charge in [0, 0.05) is 24.1 Å². The standard InChI is InChI=1S/C15H19N5O/c1-10-4-5-12(19(10)3)8-20-9-13(16)18-14(11(20)2)15-17-6-7-21-15/h4-7H,8-9H2,1-3H3,(H2,16,18). The van der Waals surface area contributed by atoms with Crippen molar-refractivity contribution in [1.29, 1.82) is 0 Å². The van der Waals surface area contributed by atoms with Crippen molar-refractivity contribution in [3.05, 3.63) is 47.6 Å². The Balaban J connectivity index is 1.93. The predicted octanol–water partition coefficient (Wildman–Crippen LogP) is 1.88. The molecule has 6 nitrogen and oxygen atoms in total. The molecule has 2 aromatic heterocycles. The quantitative estimate of drug-likeness (QED) is 0.934. The van der Waals surface area contributed by atoms with Crippen LogP contribution in [0.2, 0.25) is 0 Å². The van der Waals surface area contributed by atoms with E-state index in [9.17, 15) is 0 Å². The molecule has 0 radical (unpaired) electrons. The Morgan fingerprint density at radius 2 is 2.14 bits per heavy atom. The molecular formula is C15H19N5O. The molecule has 21 heavy (non-hydrogen) atoms. The van der Waals surface area contributed by atoms with Gasteiger partial charge < -0.3 is 19.6 Å². The molecular weight excluding hydrogens is 266 g/mol. The van der Waals surface area contributed by atoms with Crippen molar-refractivity contribution in [2.45, 2.75) is 20.4 Å². The minimum atomic E-state index is 0.503. The van der Waals surface area contributed by atoms with Gasteiger partial charge >= 0.3 is 0 Å². The Bertz CT molecular complexity index is 709. The number of rotatable bonds is 3. The number of hydrogen-bond acceptors (Lipinski definition) is 5. The van der Waals surface area contributed by atoms with Crippen molar-refractivity contribution in [2.24, 2.45) is 17.8 Å². The molecule has 6 heteroatoms. The van der Waals surface area contributed by atoms with E-state index in [1.165, 1.54) is 11.4 Å². The third kappa shape index (κ3) is 2.44. The van der Waals surface area contributed by atoms with Crippen molar-refractivity contribution < 1.29 is 4.42 Å². The van der Waals surface area contributed by atoms with E-state index in [4.69, 9.17) is 10.2 Å². The number of aromatic nitrogens is 2. The molecule has 1 aliphatic rings. The van der Waals surface area contributed by atoms with Crippen LogP contribution >= 0.6 is 0 Å². The summed E-state index contributed by atoms with van der Waals surface area (Å²) in [4.78, 5) is 10.8. The van der Waals surface area contributed by atoms with Crippen LogP contribution in [0.3, 0.4) is 0 Å². The fourth-order valence-corrected chi connectivity index (χ4v) is 2.46. The third-order valence-electron chi connectivity index (χ3n) is 3.89. The summed E-state index contributed by atoms with van der Waals surface area (Å²) in [6.45, 7) is 5.50. The number of aliphatic imine (C=N–C) groups is 1. The molecule has 3 heterocycles. The summed E-state index contributed by atoms with van der Waals surface area (Å²) < 4.78 is 7.54. The molecule has 2 N–H and O–H groups in total. The van der Waals surface area contributed by atoms with E-state index < -0.39 is 0 Å². The lowest BCUT2D eigenvalue weighted by Gasteiger charge is -2.29. The molecule has 110 valence electrons. The zero-order valence-electron chi connectivity index (χ0n) is 12.5. The van der Waals surface area contributed by atoms with Crippen LogP contribution in [0.4, 0.5) is 0 Å². The number of nitrogens with zero attached hydrogens (tertiary/aromatic N) is 4. The summed E-state index contributed by atoms with van der Waals surface area (Å²) in [5, 5.41) is 0. The van der Waals surface area contributed by atoms with Crippen LogP contribution in [0.5, 0.6) is 0 Å². The van der Waals surface area contributed by atoms with Gasteiger partial charge in [0.15, 0.2) is 0 Å². The number of amidine groups is 1. The van der Waals surface area contributed by atoms with Gasteiger partial charge in [-0.05, 0) is 26.0 Å². The number of allylic oxidation sites excluding steroid dienone is 1. The second-order valence-electron chi connectivity index (χ2n) is 5.26. The second-order valence-corrected chi connectivity index (χ2v) is 5.26. The van der Waals surface area contributed by atoms with Crippen LogP contribution in [0.25, 0.3) is 5.70 Å². The van der Waals surface area contributed by atoms with Gasteiger partial charge in [-0.15, -0.1) is 0 Å². The monoisotopic (exact) mass is 285 g/mol. The summed E-state index contributed by atoms with van der Waals surface area (Å²) in [7, 11) is 2.07. The number of aryl methyl sites for hydroxylation is 1. The topological polar surface area (TPSA) is 72.6 Å². The van der Waals surface area contributed by atoms with Crippen molar-refractivity contribution >= 4 is 11.5 Å². The van der Waals surface area contributed by atoms with E-state index in [1.807, 2.05) is 6.92 Å². The van der Waals surface area contributed by atoms with Gasteiger partial charge in [0.05, 0.1) is 19.3 Å². The molecule has 3 rings (SSSR count). The van der Waals surface area contributed by atoms with E-state index in [0.29, 0.717) is 24.0 Å². The minimum Gasteiger partial charge on any atom is -0.443 e. The maximum atomic E-state index is 5.98. The highest BCUT2D eigenvalue weighted by Crippen LogP contribution is 2.26. The summed E-state index contributed by atoms with van der Waals surface area (Å²) in [6, 6.07) is 4.25. The van der Waals surface area contributed by atoms with Crippen LogP contribution < -0.4 is 5.73 Å². The van der Waals surface area contributed by atoms with E-state index in [2.05, 4.69) is 45.5 Å². The first-order valence-corrected chi connectivity index (χ1v) is 6.86. The minimum absolute atomic E-state index is 0.503. The maximum Gasteiger partial charge on any atom is 0.246 e. The van der Waals surface area contributed by atoms with Crippen molar-refractivity contribution in [3.63, 3.8) is 0 Å². The Kier molecular flexibility index (Phi) is 3.29. The Morgan fingerprint density at radius 3 is 2.76 bits per heavy atom. The van der Waals surface area contributed by atoms with Gasteiger partial charge in [0.25, 0.3) is 0 Å². The molecule has 2 aromatic rings. The van der Waals surface area contributed by atoms with Gasteiger partial charge in [-0.25, -0.2) is 9.98 Å². The molecule has 0 fully saturated rings. The summed E-state index contributed by atoms with van der Waals surface area (Å²) in [5.41, 5.74) is 10.2. The molecule has 0 bridgehead atoms. The Hall–Kier alpha value is -2.50. The van der Waals surface area contributed by atoms with Crippen LogP contribution in [-0.2, 0) is 13.6 Å².